The lowest BCUT2D eigenvalue weighted by Crippen LogP contribution is -2.44. The van der Waals surface area contributed by atoms with Gasteiger partial charge >= 0.3 is 0 Å². The maximum Gasteiger partial charge on any atom is 0.248 e. The Balaban J connectivity index is 1.57. The molecule has 2 amide bonds. The van der Waals surface area contributed by atoms with Gasteiger partial charge in [-0.05, 0) is 70.3 Å². The smallest absolute Gasteiger partial charge is 0.248 e. The summed E-state index contributed by atoms with van der Waals surface area (Å²) in [6, 6.07) is 2.19. The molecular formula is C25H35F2N5O2. The highest BCUT2D eigenvalue weighted by molar-refractivity contribution is 5.96. The second-order valence-electron chi connectivity index (χ2n) is 9.63. The fourth-order valence-corrected chi connectivity index (χ4v) is 4.20. The van der Waals surface area contributed by atoms with Gasteiger partial charge in [-0.25, -0.2) is 13.8 Å². The number of anilines is 1. The molecule has 1 aromatic carbocycles. The molecule has 186 valence electrons. The summed E-state index contributed by atoms with van der Waals surface area (Å²) in [5, 5.41) is 5.47. The Kier molecular flexibility index (Phi) is 8.77. The zero-order valence-electron chi connectivity index (χ0n) is 20.2. The van der Waals surface area contributed by atoms with Crippen LogP contribution in [0.5, 0.6) is 0 Å². The molecule has 2 N–H and O–H groups in total. The van der Waals surface area contributed by atoms with E-state index in [2.05, 4.69) is 34.4 Å². The molecule has 1 saturated heterocycles. The van der Waals surface area contributed by atoms with Gasteiger partial charge in [-0.1, -0.05) is 13.3 Å². The quantitative estimate of drug-likeness (QED) is 0.518. The summed E-state index contributed by atoms with van der Waals surface area (Å²) in [7, 11) is 0. The lowest BCUT2D eigenvalue weighted by Gasteiger charge is -2.28. The molecular weight excluding hydrogens is 440 g/mol. The van der Waals surface area contributed by atoms with Crippen LogP contribution in [0, 0.1) is 11.6 Å². The first-order valence-corrected chi connectivity index (χ1v) is 12.0. The number of amides is 2. The summed E-state index contributed by atoms with van der Waals surface area (Å²) >= 11 is 0. The van der Waals surface area contributed by atoms with Crippen LogP contribution in [0.4, 0.5) is 14.6 Å². The van der Waals surface area contributed by atoms with Crippen LogP contribution >= 0.6 is 0 Å². The molecule has 0 unspecified atom stereocenters. The molecule has 0 spiro atoms. The molecule has 1 aliphatic heterocycles. The maximum atomic E-state index is 13.4. The highest BCUT2D eigenvalue weighted by Gasteiger charge is 2.25. The number of benzene rings is 1. The van der Waals surface area contributed by atoms with E-state index in [4.69, 9.17) is 0 Å². The van der Waals surface area contributed by atoms with Gasteiger partial charge in [0.05, 0.1) is 12.7 Å². The molecule has 1 aromatic heterocycles. The predicted octanol–water partition coefficient (Wildman–Crippen LogP) is 3.85. The average Bonchev–Trinajstić information content (AvgIpc) is 3.43. The van der Waals surface area contributed by atoms with Crippen LogP contribution < -0.4 is 10.6 Å². The molecule has 1 fully saturated rings. The monoisotopic (exact) mass is 475 g/mol. The van der Waals surface area contributed by atoms with Gasteiger partial charge in [-0.3, -0.25) is 9.59 Å². The number of nitrogens with zero attached hydrogens (tertiary/aromatic N) is 3. The minimum Gasteiger partial charge on any atom is -0.344 e. The standard InChI is InChI=1S/C25H35F2N5O2/c1-4-7-21(29-23(33)14-18-12-19(26)15-20(27)13-18)24(34)30-22-16-32(17-28-22)25(2,3)8-11-31-9-5-6-10-31/h12-13,15-17,21H,4-11,14H2,1-3H3,(H,29,33)(H,30,34)/t21-/m0/s1. The maximum absolute atomic E-state index is 13.4. The van der Waals surface area contributed by atoms with Crippen molar-refractivity contribution >= 4 is 17.6 Å². The third-order valence-corrected chi connectivity index (χ3v) is 6.29. The molecule has 2 aromatic rings. The Morgan fingerprint density at radius 2 is 1.82 bits per heavy atom. The number of hydrogen-bond acceptors (Lipinski definition) is 4. The van der Waals surface area contributed by atoms with E-state index in [1.807, 2.05) is 17.7 Å². The van der Waals surface area contributed by atoms with Crippen LogP contribution in [0.3, 0.4) is 0 Å². The molecule has 7 nitrogen and oxygen atoms in total. The summed E-state index contributed by atoms with van der Waals surface area (Å²) in [6.45, 7) is 9.52. The van der Waals surface area contributed by atoms with Gasteiger partial charge in [0.2, 0.25) is 11.8 Å². The van der Waals surface area contributed by atoms with Crippen molar-refractivity contribution in [3.8, 4) is 0 Å². The fourth-order valence-electron chi connectivity index (χ4n) is 4.20. The first-order valence-electron chi connectivity index (χ1n) is 12.0. The van der Waals surface area contributed by atoms with Gasteiger partial charge in [-0.15, -0.1) is 0 Å². The Hall–Kier alpha value is -2.81. The normalized spacial score (nSPS) is 15.3. The van der Waals surface area contributed by atoms with Crippen molar-refractivity contribution in [1.82, 2.24) is 19.8 Å². The first-order chi connectivity index (χ1) is 16.2. The summed E-state index contributed by atoms with van der Waals surface area (Å²) in [6.07, 6.45) is 7.89. The van der Waals surface area contributed by atoms with Gasteiger partial charge in [-0.2, -0.15) is 0 Å². The fraction of sp³-hybridized carbons (Fsp3) is 0.560. The van der Waals surface area contributed by atoms with Crippen LogP contribution in [0.15, 0.2) is 30.7 Å². The van der Waals surface area contributed by atoms with E-state index in [-0.39, 0.29) is 23.4 Å². The van der Waals surface area contributed by atoms with Crippen molar-refractivity contribution in [3.63, 3.8) is 0 Å². The highest BCUT2D eigenvalue weighted by atomic mass is 19.1. The summed E-state index contributed by atoms with van der Waals surface area (Å²) < 4.78 is 28.8. The number of carbonyl (C=O) groups excluding carboxylic acids is 2. The Morgan fingerprint density at radius 1 is 1.15 bits per heavy atom. The molecule has 1 atom stereocenters. The topological polar surface area (TPSA) is 79.3 Å². The summed E-state index contributed by atoms with van der Waals surface area (Å²) in [4.78, 5) is 32.1. The van der Waals surface area contributed by atoms with Crippen molar-refractivity contribution in [2.75, 3.05) is 25.0 Å². The van der Waals surface area contributed by atoms with E-state index >= 15 is 0 Å². The molecule has 0 saturated carbocycles. The molecule has 34 heavy (non-hydrogen) atoms. The van der Waals surface area contributed by atoms with Crippen molar-refractivity contribution in [2.45, 2.75) is 70.9 Å². The molecule has 0 bridgehead atoms. The van der Waals surface area contributed by atoms with Crippen LogP contribution in [-0.2, 0) is 21.5 Å². The molecule has 9 heteroatoms. The highest BCUT2D eigenvalue weighted by Crippen LogP contribution is 2.23. The lowest BCUT2D eigenvalue weighted by molar-refractivity contribution is -0.126. The van der Waals surface area contributed by atoms with Crippen LogP contribution in [0.2, 0.25) is 0 Å². The van der Waals surface area contributed by atoms with Crippen molar-refractivity contribution < 1.29 is 18.4 Å². The number of nitrogens with one attached hydrogen (secondary N) is 2. The number of carbonyl (C=O) groups is 2. The number of rotatable bonds is 11. The zero-order valence-corrected chi connectivity index (χ0v) is 20.2. The van der Waals surface area contributed by atoms with Gasteiger partial charge in [0.15, 0.2) is 5.82 Å². The second-order valence-corrected chi connectivity index (χ2v) is 9.63. The van der Waals surface area contributed by atoms with Crippen LogP contribution in [0.1, 0.15) is 58.4 Å². The molecule has 2 heterocycles. The molecule has 1 aliphatic rings. The number of aromatic nitrogens is 2. The van der Waals surface area contributed by atoms with Crippen molar-refractivity contribution in [3.05, 3.63) is 47.9 Å². The Morgan fingerprint density at radius 3 is 2.47 bits per heavy atom. The van der Waals surface area contributed by atoms with Crippen molar-refractivity contribution in [2.24, 2.45) is 0 Å². The third-order valence-electron chi connectivity index (χ3n) is 6.29. The lowest BCUT2D eigenvalue weighted by atomic mass is 10.0. The SMILES string of the molecule is CCC[C@H](NC(=O)Cc1cc(F)cc(F)c1)C(=O)Nc1cn(C(C)(C)CCN2CCCC2)cn1. The number of halogens is 2. The van der Waals surface area contributed by atoms with E-state index in [0.29, 0.717) is 18.7 Å². The summed E-state index contributed by atoms with van der Waals surface area (Å²) in [5.41, 5.74) is 0.0519. The van der Waals surface area contributed by atoms with Crippen LogP contribution in [0.25, 0.3) is 0 Å². The number of likely N-dealkylation sites (tertiary alicyclic amines) is 1. The van der Waals surface area contributed by atoms with Gasteiger partial charge < -0.3 is 20.1 Å². The molecule has 0 radical (unpaired) electrons. The van der Waals surface area contributed by atoms with Gasteiger partial charge in [0.25, 0.3) is 0 Å². The Bertz CT molecular complexity index is 965. The number of hydrogen-bond donors (Lipinski definition) is 2. The predicted molar refractivity (Wildman–Crippen MR) is 127 cm³/mol. The van der Waals surface area contributed by atoms with Gasteiger partial charge in [0.1, 0.15) is 17.7 Å². The van der Waals surface area contributed by atoms with Crippen LogP contribution in [-0.4, -0.2) is 51.9 Å². The second kappa shape index (κ2) is 11.6. The summed E-state index contributed by atoms with van der Waals surface area (Å²) in [5.74, 6) is -1.93. The minimum absolute atomic E-state index is 0.157. The molecule has 0 aliphatic carbocycles. The van der Waals surface area contributed by atoms with Gasteiger partial charge in [0, 0.05) is 24.3 Å². The number of imidazole rings is 1. The largest absolute Gasteiger partial charge is 0.344 e. The van der Waals surface area contributed by atoms with E-state index in [9.17, 15) is 18.4 Å². The van der Waals surface area contributed by atoms with Crippen molar-refractivity contribution in [1.29, 1.82) is 0 Å². The molecule has 3 rings (SSSR count). The third kappa shape index (κ3) is 7.35. The first kappa shape index (κ1) is 25.8. The van der Waals surface area contributed by atoms with E-state index in [1.54, 1.807) is 6.33 Å². The van der Waals surface area contributed by atoms with E-state index < -0.39 is 23.6 Å². The Labute approximate surface area is 199 Å². The zero-order chi connectivity index (χ0) is 24.7. The van der Waals surface area contributed by atoms with E-state index in [0.717, 1.165) is 44.3 Å². The minimum atomic E-state index is -0.774. The van der Waals surface area contributed by atoms with E-state index in [1.165, 1.54) is 12.8 Å². The average molecular weight is 476 g/mol.